The van der Waals surface area contributed by atoms with E-state index in [1.807, 2.05) is 0 Å². The molecule has 2 aromatic rings. The van der Waals surface area contributed by atoms with Crippen molar-refractivity contribution in [3.8, 4) is 0 Å². The summed E-state index contributed by atoms with van der Waals surface area (Å²) >= 11 is 0. The summed E-state index contributed by atoms with van der Waals surface area (Å²) in [6.45, 7) is 1.90. The van der Waals surface area contributed by atoms with Crippen LogP contribution in [0.5, 0.6) is 0 Å². The average molecular weight is 388 g/mol. The van der Waals surface area contributed by atoms with E-state index in [2.05, 4.69) is 15.3 Å². The van der Waals surface area contributed by atoms with Gasteiger partial charge in [-0.05, 0) is 25.5 Å². The van der Waals surface area contributed by atoms with Crippen LogP contribution in [0.3, 0.4) is 0 Å². The van der Waals surface area contributed by atoms with Crippen molar-refractivity contribution in [2.75, 3.05) is 12.0 Å². The lowest BCUT2D eigenvalue weighted by molar-refractivity contribution is -0.137. The molecule has 27 heavy (non-hydrogen) atoms. The fourth-order valence-corrected chi connectivity index (χ4v) is 2.59. The van der Waals surface area contributed by atoms with E-state index >= 15 is 0 Å². The average Bonchev–Trinajstić information content (AvgIpc) is 2.58. The summed E-state index contributed by atoms with van der Waals surface area (Å²) in [5, 5.41) is 10.4. The van der Waals surface area contributed by atoms with Gasteiger partial charge < -0.3 is 15.7 Å². The second kappa shape index (κ2) is 7.85. The number of halogens is 5. The highest BCUT2D eigenvalue weighted by Gasteiger charge is 2.32. The molecule has 1 unspecified atom stereocenters. The molecule has 0 aliphatic rings. The zero-order chi connectivity index (χ0) is 20.4. The Kier molecular flexibility index (Phi) is 5.97. The van der Waals surface area contributed by atoms with Crippen LogP contribution >= 0.6 is 0 Å². The Morgan fingerprint density at radius 2 is 2.04 bits per heavy atom. The molecule has 1 heterocycles. The number of aromatic nitrogens is 2. The zero-order valence-corrected chi connectivity index (χ0v) is 14.5. The summed E-state index contributed by atoms with van der Waals surface area (Å²) in [5.41, 5.74) is -2.88. The second-order valence-electron chi connectivity index (χ2n) is 5.83. The molecule has 0 saturated carbocycles. The van der Waals surface area contributed by atoms with Crippen LogP contribution in [-0.2, 0) is 6.18 Å². The molecule has 0 fully saturated rings. The number of alkyl halides is 4. The van der Waals surface area contributed by atoms with Crippen LogP contribution in [-0.4, -0.2) is 22.4 Å². The minimum atomic E-state index is -4.68. The second-order valence-corrected chi connectivity index (χ2v) is 5.83. The van der Waals surface area contributed by atoms with E-state index in [0.717, 1.165) is 12.1 Å². The van der Waals surface area contributed by atoms with Gasteiger partial charge in [-0.15, -0.1) is 0 Å². The Morgan fingerprint density at radius 1 is 1.37 bits per heavy atom. The largest absolute Gasteiger partial charge is 0.416 e. The maximum absolute atomic E-state index is 14.3. The summed E-state index contributed by atoms with van der Waals surface area (Å²) in [6, 6.07) is 1.30. The van der Waals surface area contributed by atoms with Gasteiger partial charge in [0, 0.05) is 5.56 Å². The van der Waals surface area contributed by atoms with Crippen LogP contribution in [0.4, 0.5) is 27.8 Å². The number of H-pyrrole nitrogens is 1. The topological polar surface area (TPSA) is 81.6 Å². The van der Waals surface area contributed by atoms with Gasteiger partial charge in [-0.1, -0.05) is 13.0 Å². The number of nitrogens with one attached hydrogen (secondary N) is 3. The Labute approximate surface area is 151 Å². The van der Waals surface area contributed by atoms with Crippen molar-refractivity contribution in [2.45, 2.75) is 32.5 Å². The van der Waals surface area contributed by atoms with E-state index in [1.165, 1.54) is 6.92 Å². The Morgan fingerprint density at radius 3 is 2.56 bits per heavy atom. The SMILES string of the molecule is CCC(Nc1nc(C)[nH]c(=O)c1C(=N)CF)c1ccc(C(F)(F)F)cc1F. The fraction of sp³-hybridized carbons (Fsp3) is 0.353. The van der Waals surface area contributed by atoms with Gasteiger partial charge in [-0.3, -0.25) is 4.79 Å². The first-order valence-corrected chi connectivity index (χ1v) is 7.96. The Hall–Kier alpha value is -2.78. The number of anilines is 1. The van der Waals surface area contributed by atoms with E-state index in [9.17, 15) is 26.7 Å². The quantitative estimate of drug-likeness (QED) is 0.514. The van der Waals surface area contributed by atoms with Crippen LogP contribution in [0, 0.1) is 18.2 Å². The van der Waals surface area contributed by atoms with E-state index in [-0.39, 0.29) is 29.2 Å². The molecule has 0 bridgehead atoms. The van der Waals surface area contributed by atoms with Crippen LogP contribution in [0.25, 0.3) is 0 Å². The van der Waals surface area contributed by atoms with Crippen molar-refractivity contribution >= 4 is 11.5 Å². The van der Waals surface area contributed by atoms with Crippen molar-refractivity contribution < 1.29 is 22.0 Å². The molecule has 0 aliphatic heterocycles. The fourth-order valence-electron chi connectivity index (χ4n) is 2.59. The first kappa shape index (κ1) is 20.5. The van der Waals surface area contributed by atoms with Gasteiger partial charge in [0.05, 0.1) is 17.3 Å². The third-order valence-electron chi connectivity index (χ3n) is 3.90. The van der Waals surface area contributed by atoms with Crippen LogP contribution in [0.15, 0.2) is 23.0 Å². The van der Waals surface area contributed by atoms with Gasteiger partial charge in [0.25, 0.3) is 5.56 Å². The van der Waals surface area contributed by atoms with Gasteiger partial charge in [-0.2, -0.15) is 13.2 Å². The van der Waals surface area contributed by atoms with Crippen molar-refractivity contribution in [3.63, 3.8) is 0 Å². The monoisotopic (exact) mass is 388 g/mol. The lowest BCUT2D eigenvalue weighted by atomic mass is 10.0. The van der Waals surface area contributed by atoms with Crippen molar-refractivity contribution in [1.29, 1.82) is 5.41 Å². The number of aromatic amines is 1. The van der Waals surface area contributed by atoms with E-state index in [0.29, 0.717) is 6.07 Å². The Bertz CT molecular complexity index is 907. The van der Waals surface area contributed by atoms with Crippen LogP contribution < -0.4 is 10.9 Å². The molecule has 0 aliphatic carbocycles. The number of aryl methyl sites for hydroxylation is 1. The maximum atomic E-state index is 14.3. The van der Waals surface area contributed by atoms with Crippen molar-refractivity contribution in [1.82, 2.24) is 9.97 Å². The van der Waals surface area contributed by atoms with Gasteiger partial charge >= 0.3 is 6.18 Å². The third kappa shape index (κ3) is 4.50. The number of hydrogen-bond donors (Lipinski definition) is 3. The number of benzene rings is 1. The molecular formula is C17H17F5N4O. The summed E-state index contributed by atoms with van der Waals surface area (Å²) < 4.78 is 65.3. The van der Waals surface area contributed by atoms with E-state index < -0.39 is 41.5 Å². The van der Waals surface area contributed by atoms with Crippen molar-refractivity contribution in [3.05, 3.63) is 56.9 Å². The zero-order valence-electron chi connectivity index (χ0n) is 14.5. The highest BCUT2D eigenvalue weighted by atomic mass is 19.4. The Balaban J connectivity index is 2.47. The molecule has 1 aromatic heterocycles. The molecule has 0 radical (unpaired) electrons. The summed E-state index contributed by atoms with van der Waals surface area (Å²) in [7, 11) is 0. The minimum absolute atomic E-state index is 0.0667. The molecule has 10 heteroatoms. The summed E-state index contributed by atoms with van der Waals surface area (Å²) in [4.78, 5) is 18.4. The highest BCUT2D eigenvalue weighted by molar-refractivity contribution is 6.02. The molecule has 0 saturated heterocycles. The number of hydrogen-bond acceptors (Lipinski definition) is 4. The van der Waals surface area contributed by atoms with Gasteiger partial charge in [0.15, 0.2) is 0 Å². The normalized spacial score (nSPS) is 12.7. The molecule has 146 valence electrons. The van der Waals surface area contributed by atoms with Gasteiger partial charge in [-0.25, -0.2) is 13.8 Å². The summed E-state index contributed by atoms with van der Waals surface area (Å²) in [5.74, 6) is -1.03. The van der Waals surface area contributed by atoms with E-state index in [4.69, 9.17) is 5.41 Å². The maximum Gasteiger partial charge on any atom is 0.416 e. The highest BCUT2D eigenvalue weighted by Crippen LogP contribution is 2.32. The van der Waals surface area contributed by atoms with Crippen LogP contribution in [0.1, 0.15) is 41.9 Å². The molecule has 1 aromatic carbocycles. The number of nitrogens with zero attached hydrogens (tertiary/aromatic N) is 1. The standard InChI is InChI=1S/C17H17F5N4O/c1-3-13(10-5-4-9(6-11(10)19)17(20,21)22)26-15-14(12(23)7-18)16(27)25-8(2)24-15/h4-6,13,23H,3,7H2,1-2H3,(H2,24,25,26,27). The predicted octanol–water partition coefficient (Wildman–Crippen LogP) is 4.14. The van der Waals surface area contributed by atoms with Gasteiger partial charge in [0.1, 0.15) is 29.7 Å². The molecule has 1 atom stereocenters. The lowest BCUT2D eigenvalue weighted by Crippen LogP contribution is -2.25. The first-order chi connectivity index (χ1) is 12.6. The number of rotatable bonds is 6. The minimum Gasteiger partial charge on any atom is -0.362 e. The molecule has 3 N–H and O–H groups in total. The molecule has 0 amide bonds. The van der Waals surface area contributed by atoms with E-state index in [1.54, 1.807) is 6.92 Å². The van der Waals surface area contributed by atoms with Gasteiger partial charge in [0.2, 0.25) is 0 Å². The molecule has 5 nitrogen and oxygen atoms in total. The van der Waals surface area contributed by atoms with Crippen LogP contribution in [0.2, 0.25) is 0 Å². The molecule has 2 rings (SSSR count). The lowest BCUT2D eigenvalue weighted by Gasteiger charge is -2.21. The smallest absolute Gasteiger partial charge is 0.362 e. The third-order valence-corrected chi connectivity index (χ3v) is 3.90. The summed E-state index contributed by atoms with van der Waals surface area (Å²) in [6.07, 6.45) is -4.44. The molecular weight excluding hydrogens is 371 g/mol. The van der Waals surface area contributed by atoms with Crippen molar-refractivity contribution in [2.24, 2.45) is 0 Å². The molecule has 0 spiro atoms. The first-order valence-electron chi connectivity index (χ1n) is 7.96. The predicted molar refractivity (Wildman–Crippen MR) is 90.5 cm³/mol.